The van der Waals surface area contributed by atoms with E-state index in [4.69, 9.17) is 14.2 Å². The lowest BCUT2D eigenvalue weighted by atomic mass is 10.1. The van der Waals surface area contributed by atoms with Crippen molar-refractivity contribution in [2.75, 3.05) is 19.8 Å². The summed E-state index contributed by atoms with van der Waals surface area (Å²) in [5.74, 6) is -0.418. The van der Waals surface area contributed by atoms with Crippen molar-refractivity contribution in [3.05, 3.63) is 48.6 Å². The van der Waals surface area contributed by atoms with E-state index in [1.54, 1.807) is 0 Å². The zero-order valence-electron chi connectivity index (χ0n) is 36.0. The maximum absolute atomic E-state index is 12.7. The van der Waals surface area contributed by atoms with Crippen molar-refractivity contribution in [1.82, 2.24) is 0 Å². The van der Waals surface area contributed by atoms with E-state index < -0.39 is 6.10 Å². The van der Waals surface area contributed by atoms with Gasteiger partial charge in [0.2, 0.25) is 0 Å². The van der Waals surface area contributed by atoms with Gasteiger partial charge in [-0.3, -0.25) is 9.59 Å². The van der Waals surface area contributed by atoms with Gasteiger partial charge < -0.3 is 14.2 Å². The maximum Gasteiger partial charge on any atom is 0.306 e. The van der Waals surface area contributed by atoms with E-state index in [-0.39, 0.29) is 25.2 Å². The number of carbonyl (C=O) groups is 2. The molecule has 314 valence electrons. The Balaban J connectivity index is 4.24. The molecular formula is C49H88O5. The lowest BCUT2D eigenvalue weighted by Gasteiger charge is -2.18. The van der Waals surface area contributed by atoms with Crippen LogP contribution in [-0.2, 0) is 23.8 Å². The first-order valence-corrected chi connectivity index (χ1v) is 23.2. The van der Waals surface area contributed by atoms with Gasteiger partial charge in [0.05, 0.1) is 6.61 Å². The highest BCUT2D eigenvalue weighted by Crippen LogP contribution is 2.13. The van der Waals surface area contributed by atoms with Crippen LogP contribution in [-0.4, -0.2) is 37.9 Å². The fourth-order valence-corrected chi connectivity index (χ4v) is 6.34. The normalized spacial score (nSPS) is 12.6. The van der Waals surface area contributed by atoms with Crippen LogP contribution in [0.3, 0.4) is 0 Å². The maximum atomic E-state index is 12.7. The van der Waals surface area contributed by atoms with Gasteiger partial charge in [-0.25, -0.2) is 0 Å². The third kappa shape index (κ3) is 42.6. The highest BCUT2D eigenvalue weighted by atomic mass is 16.6. The van der Waals surface area contributed by atoms with Crippen LogP contribution in [0, 0.1) is 0 Å². The second kappa shape index (κ2) is 45.3. The topological polar surface area (TPSA) is 61.8 Å². The molecule has 0 saturated heterocycles. The molecule has 0 aromatic heterocycles. The van der Waals surface area contributed by atoms with Gasteiger partial charge >= 0.3 is 11.9 Å². The van der Waals surface area contributed by atoms with E-state index in [9.17, 15) is 9.59 Å². The van der Waals surface area contributed by atoms with Gasteiger partial charge in [0.1, 0.15) is 6.61 Å². The van der Waals surface area contributed by atoms with Crippen LogP contribution in [0.1, 0.15) is 226 Å². The number of hydrogen-bond acceptors (Lipinski definition) is 5. The molecule has 0 rings (SSSR count). The molecule has 0 fully saturated rings. The van der Waals surface area contributed by atoms with Crippen LogP contribution in [0.2, 0.25) is 0 Å². The number of rotatable bonds is 42. The van der Waals surface area contributed by atoms with Crippen molar-refractivity contribution in [2.45, 2.75) is 232 Å². The van der Waals surface area contributed by atoms with Gasteiger partial charge in [0.25, 0.3) is 0 Å². The number of unbranched alkanes of at least 4 members (excludes halogenated alkanes) is 23. The highest BCUT2D eigenvalue weighted by molar-refractivity contribution is 5.70. The Hall–Kier alpha value is -2.14. The summed E-state index contributed by atoms with van der Waals surface area (Å²) in [6, 6.07) is 0. The number of ether oxygens (including phenoxy) is 3. The smallest absolute Gasteiger partial charge is 0.306 e. The zero-order chi connectivity index (χ0) is 39.3. The SMILES string of the molecule is CCC/C=C\C/C=C\CCCCCCCCOCC(COC(=O)CCCCCCC/C=C\C/C=C\CCCCC)OC(=O)CCCCCCCCCCC. The molecule has 0 aliphatic heterocycles. The molecule has 0 heterocycles. The minimum atomic E-state index is -0.542. The van der Waals surface area contributed by atoms with Crippen molar-refractivity contribution in [1.29, 1.82) is 0 Å². The molecule has 0 spiro atoms. The van der Waals surface area contributed by atoms with E-state index in [0.29, 0.717) is 19.4 Å². The van der Waals surface area contributed by atoms with Crippen LogP contribution in [0.25, 0.3) is 0 Å². The fourth-order valence-electron chi connectivity index (χ4n) is 6.34. The molecule has 0 bridgehead atoms. The lowest BCUT2D eigenvalue weighted by Crippen LogP contribution is -2.30. The van der Waals surface area contributed by atoms with Gasteiger partial charge in [0.15, 0.2) is 6.10 Å². The molecule has 1 atom stereocenters. The quantitative estimate of drug-likeness (QED) is 0.0353. The van der Waals surface area contributed by atoms with E-state index >= 15 is 0 Å². The number of hydrogen-bond donors (Lipinski definition) is 0. The Kier molecular flexibility index (Phi) is 43.5. The number of esters is 2. The molecule has 0 saturated carbocycles. The summed E-state index contributed by atoms with van der Waals surface area (Å²) in [7, 11) is 0. The van der Waals surface area contributed by atoms with Crippen LogP contribution < -0.4 is 0 Å². The summed E-state index contributed by atoms with van der Waals surface area (Å²) in [4.78, 5) is 25.2. The molecule has 0 aliphatic rings. The predicted octanol–water partition coefficient (Wildman–Crippen LogP) is 15.2. The second-order valence-electron chi connectivity index (χ2n) is 15.3. The van der Waals surface area contributed by atoms with Gasteiger partial charge in [-0.05, 0) is 77.0 Å². The fraction of sp³-hybridized carbons (Fsp3) is 0.796. The number of allylic oxidation sites excluding steroid dienone is 8. The molecule has 0 aromatic carbocycles. The molecule has 1 unspecified atom stereocenters. The lowest BCUT2D eigenvalue weighted by molar-refractivity contribution is -0.163. The average Bonchev–Trinajstić information content (AvgIpc) is 3.17. The van der Waals surface area contributed by atoms with E-state index in [1.165, 1.54) is 128 Å². The average molecular weight is 757 g/mol. The third-order valence-corrected chi connectivity index (χ3v) is 9.82. The summed E-state index contributed by atoms with van der Waals surface area (Å²) in [6.07, 6.45) is 53.9. The molecule has 0 radical (unpaired) electrons. The molecule has 0 N–H and O–H groups in total. The first-order valence-electron chi connectivity index (χ1n) is 23.2. The van der Waals surface area contributed by atoms with Gasteiger partial charge in [0, 0.05) is 19.4 Å². The van der Waals surface area contributed by atoms with Crippen LogP contribution in [0.5, 0.6) is 0 Å². The van der Waals surface area contributed by atoms with E-state index in [0.717, 1.165) is 64.2 Å². The third-order valence-electron chi connectivity index (χ3n) is 9.82. The van der Waals surface area contributed by atoms with Crippen molar-refractivity contribution in [3.63, 3.8) is 0 Å². The Labute approximate surface area is 335 Å². The largest absolute Gasteiger partial charge is 0.462 e. The Morgan fingerprint density at radius 1 is 0.407 bits per heavy atom. The molecule has 5 nitrogen and oxygen atoms in total. The zero-order valence-corrected chi connectivity index (χ0v) is 36.0. The van der Waals surface area contributed by atoms with Gasteiger partial charge in [-0.15, -0.1) is 0 Å². The van der Waals surface area contributed by atoms with E-state index in [2.05, 4.69) is 69.4 Å². The predicted molar refractivity (Wildman–Crippen MR) is 233 cm³/mol. The summed E-state index contributed by atoms with van der Waals surface area (Å²) in [5, 5.41) is 0. The molecule has 0 amide bonds. The van der Waals surface area contributed by atoms with Crippen LogP contribution >= 0.6 is 0 Å². The van der Waals surface area contributed by atoms with Crippen molar-refractivity contribution in [2.24, 2.45) is 0 Å². The van der Waals surface area contributed by atoms with Crippen molar-refractivity contribution in [3.8, 4) is 0 Å². The van der Waals surface area contributed by atoms with Crippen molar-refractivity contribution < 1.29 is 23.8 Å². The summed E-state index contributed by atoms with van der Waals surface area (Å²) >= 11 is 0. The minimum absolute atomic E-state index is 0.0755. The second-order valence-corrected chi connectivity index (χ2v) is 15.3. The van der Waals surface area contributed by atoms with Crippen LogP contribution in [0.15, 0.2) is 48.6 Å². The van der Waals surface area contributed by atoms with Gasteiger partial charge in [-0.1, -0.05) is 185 Å². The summed E-state index contributed by atoms with van der Waals surface area (Å²) < 4.78 is 17.3. The summed E-state index contributed by atoms with van der Waals surface area (Å²) in [6.45, 7) is 7.70. The molecule has 0 aromatic rings. The Bertz CT molecular complexity index is 904. The first kappa shape index (κ1) is 51.9. The molecule has 5 heteroatoms. The number of carbonyl (C=O) groups excluding carboxylic acids is 2. The molecular weight excluding hydrogens is 669 g/mol. The summed E-state index contributed by atoms with van der Waals surface area (Å²) in [5.41, 5.74) is 0. The highest BCUT2D eigenvalue weighted by Gasteiger charge is 2.17. The molecule has 0 aliphatic carbocycles. The van der Waals surface area contributed by atoms with E-state index in [1.807, 2.05) is 0 Å². The van der Waals surface area contributed by atoms with Gasteiger partial charge in [-0.2, -0.15) is 0 Å². The monoisotopic (exact) mass is 757 g/mol. The Morgan fingerprint density at radius 3 is 1.33 bits per heavy atom. The van der Waals surface area contributed by atoms with Crippen LogP contribution in [0.4, 0.5) is 0 Å². The minimum Gasteiger partial charge on any atom is -0.462 e. The Morgan fingerprint density at radius 2 is 0.815 bits per heavy atom. The standard InChI is InChI=1S/C49H88O5/c1-4-7-10-13-16-19-21-23-25-26-28-31-33-36-39-42-48(50)53-46-47(54-49(51)43-40-37-34-30-18-15-12-9-6-3)45-52-44-41-38-35-32-29-27-24-22-20-17-14-11-8-5-2/h11,14,16,19-20,22-23,25,47H,4-10,12-13,15,17-18,21,24,26-46H2,1-3H3/b14-11-,19-16-,22-20-,25-23-. The first-order chi connectivity index (χ1) is 26.6. The van der Waals surface area contributed by atoms with Crippen molar-refractivity contribution >= 4 is 11.9 Å². The molecule has 54 heavy (non-hydrogen) atoms.